The summed E-state index contributed by atoms with van der Waals surface area (Å²) >= 11 is 0. The quantitative estimate of drug-likeness (QED) is 0.567. The minimum Gasteiger partial charge on any atom is -0.477 e. The van der Waals surface area contributed by atoms with Crippen LogP contribution in [0.5, 0.6) is 0 Å². The van der Waals surface area contributed by atoms with Crippen LogP contribution < -0.4 is 5.73 Å². The third-order valence-electron chi connectivity index (χ3n) is 1.88. The zero-order valence-corrected chi connectivity index (χ0v) is 8.28. The molecule has 0 saturated heterocycles. The van der Waals surface area contributed by atoms with Crippen molar-refractivity contribution in [2.45, 2.75) is 18.9 Å². The van der Waals surface area contributed by atoms with E-state index in [1.165, 1.54) is 0 Å². The molecule has 0 fully saturated rings. The van der Waals surface area contributed by atoms with Crippen LogP contribution in [0.1, 0.15) is 12.8 Å². The average Bonchev–Trinajstić information content (AvgIpc) is 1.81. The Balaban J connectivity index is 4.28. The van der Waals surface area contributed by atoms with Gasteiger partial charge in [-0.15, -0.1) is 0 Å². The Hall–Kier alpha value is -1.10. The highest BCUT2D eigenvalue weighted by atomic mass is 16.4. The van der Waals surface area contributed by atoms with Gasteiger partial charge in [0.15, 0.2) is 6.04 Å². The number of primary amides is 1. The van der Waals surface area contributed by atoms with Crippen LogP contribution in [0, 0.1) is 0 Å². The Morgan fingerprint density at radius 1 is 1.38 bits per heavy atom. The van der Waals surface area contributed by atoms with Gasteiger partial charge in [0.25, 0.3) is 0 Å². The number of rotatable bonds is 5. The summed E-state index contributed by atoms with van der Waals surface area (Å²) in [6.07, 6.45) is 0.403. The standard InChI is InChI=1S/C8H16N2O3/c1-10(2,3)6(8(12)13)4-5-7(9)11/h6H,4-5H2,1-3H3,(H2-,9,11,12,13)/p+1. The Labute approximate surface area is 77.7 Å². The zero-order chi connectivity index (χ0) is 10.6. The van der Waals surface area contributed by atoms with Gasteiger partial charge in [0, 0.05) is 12.8 Å². The molecule has 1 atom stereocenters. The number of carboxylic acid groups (broad SMARTS) is 1. The summed E-state index contributed by atoms with van der Waals surface area (Å²) in [6.45, 7) is 0. The summed E-state index contributed by atoms with van der Waals surface area (Å²) in [7, 11) is 5.33. The number of likely N-dealkylation sites (N-methyl/N-ethyl adjacent to an activating group) is 1. The highest BCUT2D eigenvalue weighted by molar-refractivity contribution is 5.76. The molecular formula is C8H17N2O3+. The monoisotopic (exact) mass is 189 g/mol. The van der Waals surface area contributed by atoms with Gasteiger partial charge in [-0.25, -0.2) is 4.79 Å². The van der Waals surface area contributed by atoms with E-state index in [0.717, 1.165) is 0 Å². The van der Waals surface area contributed by atoms with Crippen molar-refractivity contribution in [3.8, 4) is 0 Å². The molecule has 0 aliphatic heterocycles. The first-order valence-corrected chi connectivity index (χ1v) is 4.07. The van der Waals surface area contributed by atoms with Crippen molar-refractivity contribution in [2.75, 3.05) is 21.1 Å². The van der Waals surface area contributed by atoms with Gasteiger partial charge in [0.2, 0.25) is 5.91 Å². The number of nitrogens with two attached hydrogens (primary N) is 1. The van der Waals surface area contributed by atoms with E-state index in [4.69, 9.17) is 10.8 Å². The molecule has 1 unspecified atom stereocenters. The van der Waals surface area contributed by atoms with Gasteiger partial charge in [-0.3, -0.25) is 4.79 Å². The number of hydrogen-bond donors (Lipinski definition) is 2. The molecule has 76 valence electrons. The van der Waals surface area contributed by atoms with Crippen molar-refractivity contribution in [1.82, 2.24) is 0 Å². The summed E-state index contributed by atoms with van der Waals surface area (Å²) in [6, 6.07) is -0.576. The van der Waals surface area contributed by atoms with Gasteiger partial charge in [-0.2, -0.15) is 0 Å². The SMILES string of the molecule is C[N+](C)(C)C(CCC(N)=O)C(=O)O. The molecule has 0 saturated carbocycles. The Morgan fingerprint density at radius 3 is 2.08 bits per heavy atom. The average molecular weight is 189 g/mol. The number of carboxylic acids is 1. The van der Waals surface area contributed by atoms with Gasteiger partial charge in [-0.05, 0) is 0 Å². The summed E-state index contributed by atoms with van der Waals surface area (Å²) in [5.41, 5.74) is 4.95. The number of carbonyl (C=O) groups excluding carboxylic acids is 1. The van der Waals surface area contributed by atoms with E-state index in [2.05, 4.69) is 0 Å². The van der Waals surface area contributed by atoms with Crippen molar-refractivity contribution >= 4 is 11.9 Å². The molecular weight excluding hydrogens is 172 g/mol. The van der Waals surface area contributed by atoms with Gasteiger partial charge < -0.3 is 15.3 Å². The minimum absolute atomic E-state index is 0.118. The highest BCUT2D eigenvalue weighted by Crippen LogP contribution is 2.09. The van der Waals surface area contributed by atoms with E-state index >= 15 is 0 Å². The third-order valence-corrected chi connectivity index (χ3v) is 1.88. The minimum atomic E-state index is -0.895. The smallest absolute Gasteiger partial charge is 0.362 e. The first kappa shape index (κ1) is 11.9. The van der Waals surface area contributed by atoms with Crippen LogP contribution in [0.2, 0.25) is 0 Å². The fourth-order valence-electron chi connectivity index (χ4n) is 1.12. The van der Waals surface area contributed by atoms with Crippen LogP contribution in [0.15, 0.2) is 0 Å². The fourth-order valence-corrected chi connectivity index (χ4v) is 1.12. The number of aliphatic carboxylic acids is 1. The van der Waals surface area contributed by atoms with Gasteiger partial charge in [0.05, 0.1) is 21.1 Å². The second-order valence-electron chi connectivity index (χ2n) is 3.98. The van der Waals surface area contributed by atoms with Crippen LogP contribution in [-0.2, 0) is 9.59 Å². The van der Waals surface area contributed by atoms with Gasteiger partial charge >= 0.3 is 5.97 Å². The molecule has 0 rings (SSSR count). The Bertz CT molecular complexity index is 208. The molecule has 5 heteroatoms. The van der Waals surface area contributed by atoms with Crippen molar-refractivity contribution in [1.29, 1.82) is 0 Å². The van der Waals surface area contributed by atoms with Crippen LogP contribution in [0.25, 0.3) is 0 Å². The fraction of sp³-hybridized carbons (Fsp3) is 0.750. The Morgan fingerprint density at radius 2 is 1.85 bits per heavy atom. The maximum Gasteiger partial charge on any atom is 0.362 e. The van der Waals surface area contributed by atoms with Crippen molar-refractivity contribution in [3.05, 3.63) is 0 Å². The van der Waals surface area contributed by atoms with Crippen molar-refractivity contribution < 1.29 is 19.2 Å². The third kappa shape index (κ3) is 4.47. The van der Waals surface area contributed by atoms with Crippen LogP contribution in [-0.4, -0.2) is 48.7 Å². The van der Waals surface area contributed by atoms with E-state index in [-0.39, 0.29) is 12.8 Å². The van der Waals surface area contributed by atoms with E-state index in [0.29, 0.717) is 4.48 Å². The molecule has 5 nitrogen and oxygen atoms in total. The molecule has 0 spiro atoms. The van der Waals surface area contributed by atoms with Gasteiger partial charge in [0.1, 0.15) is 0 Å². The van der Waals surface area contributed by atoms with Crippen LogP contribution in [0.3, 0.4) is 0 Å². The number of carbonyl (C=O) groups is 2. The molecule has 0 aromatic rings. The van der Waals surface area contributed by atoms with E-state index in [9.17, 15) is 9.59 Å². The Kier molecular flexibility index (Phi) is 3.87. The summed E-state index contributed by atoms with van der Waals surface area (Å²) in [5.74, 6) is -1.35. The molecule has 0 heterocycles. The largest absolute Gasteiger partial charge is 0.477 e. The van der Waals surface area contributed by atoms with Gasteiger partial charge in [-0.1, -0.05) is 0 Å². The molecule has 0 aliphatic rings. The molecule has 3 N–H and O–H groups in total. The zero-order valence-electron chi connectivity index (χ0n) is 8.28. The second kappa shape index (κ2) is 4.23. The van der Waals surface area contributed by atoms with E-state index in [1.807, 2.05) is 0 Å². The second-order valence-corrected chi connectivity index (χ2v) is 3.98. The summed E-state index contributed by atoms with van der Waals surface area (Å²) < 4.78 is 0.294. The number of amides is 1. The lowest BCUT2D eigenvalue weighted by atomic mass is 10.1. The lowest BCUT2D eigenvalue weighted by Crippen LogP contribution is -2.50. The molecule has 13 heavy (non-hydrogen) atoms. The molecule has 0 radical (unpaired) electrons. The van der Waals surface area contributed by atoms with E-state index in [1.54, 1.807) is 21.1 Å². The van der Waals surface area contributed by atoms with Crippen molar-refractivity contribution in [2.24, 2.45) is 5.73 Å². The molecule has 0 aromatic heterocycles. The van der Waals surface area contributed by atoms with Crippen LogP contribution in [0.4, 0.5) is 0 Å². The predicted molar refractivity (Wildman–Crippen MR) is 47.9 cm³/mol. The first-order valence-electron chi connectivity index (χ1n) is 4.07. The number of nitrogens with zero attached hydrogens (tertiary/aromatic N) is 1. The molecule has 1 amide bonds. The summed E-state index contributed by atoms with van der Waals surface area (Å²) in [5, 5.41) is 8.85. The molecule has 0 aliphatic carbocycles. The first-order chi connectivity index (χ1) is 5.75. The lowest BCUT2D eigenvalue weighted by Gasteiger charge is -2.30. The van der Waals surface area contributed by atoms with Crippen LogP contribution >= 0.6 is 0 Å². The van der Waals surface area contributed by atoms with E-state index < -0.39 is 17.9 Å². The van der Waals surface area contributed by atoms with Crippen molar-refractivity contribution in [3.63, 3.8) is 0 Å². The number of quaternary nitrogens is 1. The molecule has 0 aromatic carbocycles. The maximum atomic E-state index is 10.8. The normalized spacial score (nSPS) is 13.8. The highest BCUT2D eigenvalue weighted by Gasteiger charge is 2.31. The molecule has 0 bridgehead atoms. The lowest BCUT2D eigenvalue weighted by molar-refractivity contribution is -0.887. The number of hydrogen-bond acceptors (Lipinski definition) is 2. The summed E-state index contributed by atoms with van der Waals surface area (Å²) in [4.78, 5) is 21.3. The maximum absolute atomic E-state index is 10.8. The topological polar surface area (TPSA) is 80.4 Å². The predicted octanol–water partition coefficient (Wildman–Crippen LogP) is -0.589.